The van der Waals surface area contributed by atoms with Crippen molar-refractivity contribution in [2.75, 3.05) is 67.8 Å². The predicted molar refractivity (Wildman–Crippen MR) is 396 cm³/mol. The summed E-state index contributed by atoms with van der Waals surface area (Å²) in [4.78, 5) is 17.1. The van der Waals surface area contributed by atoms with E-state index in [4.69, 9.17) is 37.9 Å². The van der Waals surface area contributed by atoms with Gasteiger partial charge in [-0.3, -0.25) is 9.98 Å². The number of hydrogen-bond acceptors (Lipinski definition) is 22. The largest absolute Gasteiger partial charge is 2.00 e. The van der Waals surface area contributed by atoms with Gasteiger partial charge in [0.05, 0.1) is 62.9 Å². The number of unbranched alkanes of at least 4 members (excludes halogenated alkanes) is 10. The fourth-order valence-corrected chi connectivity index (χ4v) is 14.7. The van der Waals surface area contributed by atoms with E-state index in [-0.39, 0.29) is 88.9 Å². The zero-order valence-electron chi connectivity index (χ0n) is 63.6. The summed E-state index contributed by atoms with van der Waals surface area (Å²) < 4.78 is 47.8. The van der Waals surface area contributed by atoms with Crippen LogP contribution in [0.1, 0.15) is 232 Å². The Morgan fingerprint density at radius 1 is 0.390 bits per heavy atom. The molecule has 8 unspecified atom stereocenters. The van der Waals surface area contributed by atoms with Crippen molar-refractivity contribution in [1.82, 2.24) is 10.6 Å². The van der Waals surface area contributed by atoms with E-state index in [0.29, 0.717) is 25.9 Å². The third kappa shape index (κ3) is 35.4. The number of aliphatic hydroxyl groups is 8. The molecule has 10 N–H and O–H groups in total. The third-order valence-corrected chi connectivity index (χ3v) is 20.8. The molecule has 4 heterocycles. The van der Waals surface area contributed by atoms with E-state index >= 15 is 0 Å². The van der Waals surface area contributed by atoms with Crippen LogP contribution >= 0.6 is 0 Å². The van der Waals surface area contributed by atoms with E-state index in [1.807, 2.05) is 12.4 Å². The normalized spacial score (nSPS) is 33.0. The van der Waals surface area contributed by atoms with Gasteiger partial charge >= 0.3 is 34.1 Å². The first-order valence-electron chi connectivity index (χ1n) is 37.3. The molecule has 4 saturated carbocycles. The van der Waals surface area contributed by atoms with Crippen LogP contribution in [0.25, 0.3) is 0 Å². The zero-order valence-corrected chi connectivity index (χ0v) is 65.8. The Morgan fingerprint density at radius 3 is 0.990 bits per heavy atom. The van der Waals surface area contributed by atoms with E-state index in [1.54, 1.807) is 40.4 Å². The minimum absolute atomic E-state index is 0. The molecule has 8 fully saturated rings. The summed E-state index contributed by atoms with van der Waals surface area (Å²) in [5.74, 6) is 1.09. The molecule has 22 nitrogen and oxygen atoms in total. The van der Waals surface area contributed by atoms with Gasteiger partial charge in [-0.05, 0) is 101 Å². The second-order valence-corrected chi connectivity index (χ2v) is 27.8. The first kappa shape index (κ1) is 101. The van der Waals surface area contributed by atoms with Crippen molar-refractivity contribution in [3.05, 3.63) is 29.7 Å². The van der Waals surface area contributed by atoms with Gasteiger partial charge < -0.3 is 129 Å². The van der Waals surface area contributed by atoms with E-state index < -0.39 is 124 Å². The van der Waals surface area contributed by atoms with Crippen molar-refractivity contribution in [2.45, 2.75) is 343 Å². The van der Waals surface area contributed by atoms with Crippen LogP contribution in [-0.2, 0) is 72.0 Å². The van der Waals surface area contributed by atoms with Crippen LogP contribution in [-0.4, -0.2) is 244 Å². The monoisotopic (exact) mass is 1510 g/mol. The maximum absolute atomic E-state index is 11.5. The molecule has 0 radical (unpaired) electrons. The number of hydrogen-bond donors (Lipinski definition) is 10. The van der Waals surface area contributed by atoms with Crippen molar-refractivity contribution < 1.29 is 113 Å². The molecule has 0 aromatic rings. The molecule has 0 spiro atoms. The number of nitrogens with zero attached hydrogens (tertiary/aromatic N) is 4. The summed E-state index contributed by atoms with van der Waals surface area (Å²) in [6.45, 7) is 3.56. The fraction of sp³-hybridized carbons (Fsp3) is 0.895. The van der Waals surface area contributed by atoms with Crippen LogP contribution < -0.4 is 10.6 Å². The van der Waals surface area contributed by atoms with E-state index in [2.05, 4.69) is 30.6 Å². The second-order valence-electron chi connectivity index (χ2n) is 27.8. The molecular weight excluding hydrogens is 1360 g/mol. The van der Waals surface area contributed by atoms with E-state index in [0.717, 1.165) is 63.2 Å². The van der Waals surface area contributed by atoms with Gasteiger partial charge in [0.2, 0.25) is 0 Å². The summed E-state index contributed by atoms with van der Waals surface area (Å²) in [5.41, 5.74) is 0. The Hall–Kier alpha value is -1.00. The minimum atomic E-state index is -1.09. The van der Waals surface area contributed by atoms with Crippen molar-refractivity contribution >= 4 is 24.9 Å². The Balaban J connectivity index is 0. The van der Waals surface area contributed by atoms with Crippen molar-refractivity contribution in [3.63, 3.8) is 0 Å². The van der Waals surface area contributed by atoms with Crippen LogP contribution in [0.15, 0.2) is 20.0 Å². The van der Waals surface area contributed by atoms with Crippen molar-refractivity contribution in [1.29, 1.82) is 0 Å². The summed E-state index contributed by atoms with van der Waals surface area (Å²) >= 11 is 0. The first-order chi connectivity index (χ1) is 45.9. The number of methoxy groups -OCH3 is 2. The van der Waals surface area contributed by atoms with Gasteiger partial charge in [0.25, 0.3) is 0 Å². The SMILES string of the molecule is C1CCCC1.C1CCCC1.CN=CCCCC=NC1[C@H](O[C@@H]2C(CO)O[C@@H](OC)C(NCCCCCCC3CCCC3)[C@H]2O)OC(CO)[C@@H](C)[C@@H]1O.CN=CCCCC=NC1[C@H](O[C@@H]2C(CO)O[C@@H](OC)C(NCCCCCCC3CCCC3)[C@H]2O)OC(CO)[C@@H](C)[C@@H]1O.[CH3-].[CH3-].[CH3-].[CH3-].[Fe+2].[Fe+2]. The Bertz CT molecular complexity index is 1850. The predicted octanol–water partition coefficient (Wildman–Crippen LogP) is 10.1. The van der Waals surface area contributed by atoms with Crippen LogP contribution in [0.2, 0.25) is 0 Å². The molecule has 8 rings (SSSR count). The first-order valence-corrected chi connectivity index (χ1v) is 37.3. The molecule has 592 valence electrons. The molecule has 4 saturated heterocycles. The van der Waals surface area contributed by atoms with Crippen LogP contribution in [0.5, 0.6) is 0 Å². The summed E-state index contributed by atoms with van der Waals surface area (Å²) in [6.07, 6.45) is 37.1. The summed E-state index contributed by atoms with van der Waals surface area (Å²) in [5, 5.41) is 91.9. The summed E-state index contributed by atoms with van der Waals surface area (Å²) in [6, 6.07) is -2.73. The van der Waals surface area contributed by atoms with Gasteiger partial charge in [0.15, 0.2) is 25.2 Å². The van der Waals surface area contributed by atoms with Gasteiger partial charge in [-0.1, -0.05) is 181 Å². The number of rotatable bonds is 36. The molecule has 4 aliphatic heterocycles. The maximum atomic E-state index is 11.5. The quantitative estimate of drug-likeness (QED) is 0.0121. The molecule has 4 aliphatic carbocycles. The van der Waals surface area contributed by atoms with Crippen molar-refractivity contribution in [2.24, 2.45) is 43.6 Å². The minimum Gasteiger partial charge on any atom is -0.394 e. The number of nitrogens with one attached hydrogen (secondary N) is 2. The second kappa shape index (κ2) is 60.9. The molecule has 0 bridgehead atoms. The van der Waals surface area contributed by atoms with Gasteiger partial charge in [0, 0.05) is 40.2 Å². The maximum Gasteiger partial charge on any atom is 2.00 e. The average Bonchev–Trinajstić information content (AvgIpc) is 1.01. The molecule has 0 aromatic carbocycles. The molecule has 0 amide bonds. The van der Waals surface area contributed by atoms with Crippen molar-refractivity contribution in [3.8, 4) is 0 Å². The molecule has 100 heavy (non-hydrogen) atoms. The van der Waals surface area contributed by atoms with E-state index in [1.165, 1.54) is 168 Å². The average molecular weight is 1510 g/mol. The number of ether oxygens (including phenoxy) is 8. The Labute approximate surface area is 628 Å². The molecule has 20 atom stereocenters. The Morgan fingerprint density at radius 2 is 0.690 bits per heavy atom. The third-order valence-electron chi connectivity index (χ3n) is 20.8. The zero-order chi connectivity index (χ0) is 67.7. The van der Waals surface area contributed by atoms with Crippen LogP contribution in [0.3, 0.4) is 0 Å². The molecule has 0 aromatic heterocycles. The Kier molecular flexibility index (Phi) is 61.6. The van der Waals surface area contributed by atoms with E-state index in [9.17, 15) is 40.9 Å². The fourth-order valence-electron chi connectivity index (χ4n) is 14.7. The van der Waals surface area contributed by atoms with Gasteiger partial charge in [0.1, 0.15) is 48.7 Å². The standard InChI is InChI=1S/2C31H57N3O8.2C5H10.4CH3.2Fe/c2*1-21-23(19-35)40-31(25(27(21)37)33-18-12-6-10-16-32-2)42-29-24(20-36)41-30(39-3)26(28(29)38)34-17-11-5-4-7-13-22-14-8-9-15-22;2*1-2-4-5-3-1;;;;;;/h2*16,18,21-31,34-38H,4-15,17,19-20H2,1-3H3;2*1-5H2;4*1H3;;/q;;;;4*-1;2*+2/t2*21-,23?,24?,25?,26?,27+,28-,29-,30-,31+;;;;;;;;/m11......../s1. The van der Waals surface area contributed by atoms with Gasteiger partial charge in [-0.25, -0.2) is 0 Å². The number of aliphatic hydroxyl groups excluding tert-OH is 8. The molecule has 24 heteroatoms. The molecule has 8 aliphatic rings. The van der Waals surface area contributed by atoms with Crippen LogP contribution in [0, 0.1) is 53.4 Å². The smallest absolute Gasteiger partial charge is 0.394 e. The molecular formula is C76H146Fe2N6O16. The van der Waals surface area contributed by atoms with Gasteiger partial charge in [-0.2, -0.15) is 0 Å². The topological polar surface area (TPSA) is 309 Å². The summed E-state index contributed by atoms with van der Waals surface area (Å²) in [7, 11) is 6.49. The van der Waals surface area contributed by atoms with Crippen LogP contribution in [0.4, 0.5) is 0 Å². The van der Waals surface area contributed by atoms with Gasteiger partial charge in [-0.15, -0.1) is 0 Å². The number of aliphatic imine (C=N–C) groups is 4.